The zero-order valence-electron chi connectivity index (χ0n) is 20.2. The van der Waals surface area contributed by atoms with Crippen molar-refractivity contribution in [1.82, 2.24) is 5.32 Å². The van der Waals surface area contributed by atoms with Crippen molar-refractivity contribution in [2.24, 2.45) is 0 Å². The van der Waals surface area contributed by atoms with Crippen LogP contribution in [0.25, 0.3) is 6.08 Å². The maximum absolute atomic E-state index is 13.4. The van der Waals surface area contributed by atoms with E-state index in [9.17, 15) is 31.9 Å². The first-order valence-corrected chi connectivity index (χ1v) is 12.1. The molecular weight excluding hydrogens is 505 g/mol. The van der Waals surface area contributed by atoms with E-state index in [2.05, 4.69) is 10.1 Å². The molecule has 2 atom stereocenters. The van der Waals surface area contributed by atoms with Gasteiger partial charge in [0, 0.05) is 0 Å². The van der Waals surface area contributed by atoms with Gasteiger partial charge in [-0.05, 0) is 71.3 Å². The minimum absolute atomic E-state index is 0.0317. The van der Waals surface area contributed by atoms with Crippen molar-refractivity contribution in [3.8, 4) is 5.75 Å². The number of fused-ring (bicyclic) bond motifs is 1. The van der Waals surface area contributed by atoms with Crippen LogP contribution in [0.3, 0.4) is 0 Å². The normalized spacial score (nSPS) is 14.6. The topological polar surface area (TPSA) is 58.6 Å². The third-order valence-electron chi connectivity index (χ3n) is 6.30. The van der Waals surface area contributed by atoms with Gasteiger partial charge in [0.1, 0.15) is 11.6 Å². The molecule has 0 saturated carbocycles. The van der Waals surface area contributed by atoms with Crippen LogP contribution in [-0.2, 0) is 24.1 Å². The lowest BCUT2D eigenvalue weighted by Crippen LogP contribution is -2.41. The second kappa shape index (κ2) is 11.8. The molecule has 9 heteroatoms. The summed E-state index contributed by atoms with van der Waals surface area (Å²) >= 11 is 0. The minimum atomic E-state index is -4.68. The summed E-state index contributed by atoms with van der Waals surface area (Å²) in [5, 5.41) is 13.9. The number of carbonyl (C=O) groups is 1. The Balaban J connectivity index is 1.56. The first-order chi connectivity index (χ1) is 18.1. The second-order valence-corrected chi connectivity index (χ2v) is 9.09. The predicted octanol–water partition coefficient (Wildman–Crippen LogP) is 6.03. The van der Waals surface area contributed by atoms with Crippen molar-refractivity contribution in [3.63, 3.8) is 0 Å². The van der Waals surface area contributed by atoms with Crippen LogP contribution in [-0.4, -0.2) is 29.6 Å². The molecule has 0 heterocycles. The highest BCUT2D eigenvalue weighted by Gasteiger charge is 2.44. The smallest absolute Gasteiger partial charge is 0.428 e. The molecule has 0 saturated heterocycles. The molecule has 2 unspecified atom stereocenters. The van der Waals surface area contributed by atoms with Crippen molar-refractivity contribution in [2.45, 2.75) is 50.4 Å². The number of aliphatic hydroxyl groups is 1. The van der Waals surface area contributed by atoms with Crippen LogP contribution in [0.15, 0.2) is 72.8 Å². The molecule has 0 radical (unpaired) electrons. The van der Waals surface area contributed by atoms with Gasteiger partial charge in [0.25, 0.3) is 0 Å². The van der Waals surface area contributed by atoms with Crippen LogP contribution in [0.5, 0.6) is 5.75 Å². The number of ether oxygens (including phenoxy) is 1. The Morgan fingerprint density at radius 3 is 2.53 bits per heavy atom. The Morgan fingerprint density at radius 1 is 1.05 bits per heavy atom. The number of carbonyl (C=O) groups excluding carboxylic acids is 1. The molecule has 38 heavy (non-hydrogen) atoms. The van der Waals surface area contributed by atoms with Crippen molar-refractivity contribution >= 4 is 12.0 Å². The summed E-state index contributed by atoms with van der Waals surface area (Å²) < 4.78 is 69.6. The van der Waals surface area contributed by atoms with E-state index in [1.807, 2.05) is 30.4 Å². The van der Waals surface area contributed by atoms with Gasteiger partial charge in [-0.15, -0.1) is 0 Å². The molecule has 1 amide bonds. The molecule has 4 nitrogen and oxygen atoms in total. The zero-order valence-corrected chi connectivity index (χ0v) is 20.2. The molecular formula is C29H26F5NO3. The monoisotopic (exact) mass is 531 g/mol. The summed E-state index contributed by atoms with van der Waals surface area (Å²) in [5.74, 6) is -1.38. The number of allylic oxidation sites excluding steroid dienone is 1. The fourth-order valence-corrected chi connectivity index (χ4v) is 4.45. The van der Waals surface area contributed by atoms with Gasteiger partial charge in [0.2, 0.25) is 5.91 Å². The van der Waals surface area contributed by atoms with E-state index in [4.69, 9.17) is 0 Å². The fraction of sp³-hybridized carbons (Fsp3) is 0.276. The Kier molecular flexibility index (Phi) is 8.46. The van der Waals surface area contributed by atoms with Gasteiger partial charge in [-0.2, -0.15) is 17.6 Å². The fourth-order valence-electron chi connectivity index (χ4n) is 4.45. The molecule has 3 aromatic rings. The number of nitrogens with one attached hydrogen (secondary N) is 1. The van der Waals surface area contributed by atoms with Crippen LogP contribution in [0, 0.1) is 5.82 Å². The lowest BCUT2D eigenvalue weighted by atomic mass is 9.91. The SMILES string of the molecule is O=C(Cc1cccc2c1C=CCC2)NC(Cc1cccc(OC(F)(F)C(F)F)c1)C(O)c1ccc(F)cc1. The Morgan fingerprint density at radius 2 is 1.79 bits per heavy atom. The third kappa shape index (κ3) is 6.77. The van der Waals surface area contributed by atoms with Gasteiger partial charge in [-0.3, -0.25) is 4.79 Å². The van der Waals surface area contributed by atoms with Crippen LogP contribution in [0.2, 0.25) is 0 Å². The number of aryl methyl sites for hydroxylation is 1. The predicted molar refractivity (Wildman–Crippen MR) is 133 cm³/mol. The highest BCUT2D eigenvalue weighted by Crippen LogP contribution is 2.29. The number of hydrogen-bond acceptors (Lipinski definition) is 3. The minimum Gasteiger partial charge on any atom is -0.428 e. The van der Waals surface area contributed by atoms with Gasteiger partial charge in [-0.1, -0.05) is 54.6 Å². The molecule has 200 valence electrons. The van der Waals surface area contributed by atoms with E-state index >= 15 is 0 Å². The molecule has 1 aliphatic carbocycles. The number of rotatable bonds is 10. The Hall–Kier alpha value is -3.72. The molecule has 3 aromatic carbocycles. The highest BCUT2D eigenvalue weighted by molar-refractivity contribution is 5.81. The molecule has 2 N–H and O–H groups in total. The summed E-state index contributed by atoms with van der Waals surface area (Å²) in [6.07, 6.45) is -4.18. The number of amides is 1. The molecule has 0 bridgehead atoms. The first-order valence-electron chi connectivity index (χ1n) is 12.1. The molecule has 0 spiro atoms. The van der Waals surface area contributed by atoms with E-state index in [-0.39, 0.29) is 18.7 Å². The standard InChI is InChI=1S/C29H26F5NO3/c30-22-13-11-20(12-14-22)27(37)25(16-18-5-3-9-23(15-18)38-29(33,34)28(31)32)35-26(36)17-21-8-4-7-19-6-1-2-10-24(19)21/h2-5,7-15,25,27-28,37H,1,6,16-17H2,(H,35,36). The van der Waals surface area contributed by atoms with Gasteiger partial charge in [0.05, 0.1) is 18.6 Å². The summed E-state index contributed by atoms with van der Waals surface area (Å²) in [5.41, 5.74) is 3.61. The molecule has 1 aliphatic rings. The summed E-state index contributed by atoms with van der Waals surface area (Å²) in [7, 11) is 0. The number of aliphatic hydroxyl groups excluding tert-OH is 1. The summed E-state index contributed by atoms with van der Waals surface area (Å²) in [4.78, 5) is 13.1. The van der Waals surface area contributed by atoms with Crippen molar-refractivity contribution in [1.29, 1.82) is 0 Å². The quantitative estimate of drug-likeness (QED) is 0.315. The van der Waals surface area contributed by atoms with E-state index in [0.717, 1.165) is 41.7 Å². The zero-order chi connectivity index (χ0) is 27.3. The average Bonchev–Trinajstić information content (AvgIpc) is 2.88. The van der Waals surface area contributed by atoms with E-state index < -0.39 is 36.2 Å². The van der Waals surface area contributed by atoms with Gasteiger partial charge < -0.3 is 15.2 Å². The lowest BCUT2D eigenvalue weighted by molar-refractivity contribution is -0.253. The molecule has 0 fully saturated rings. The maximum Gasteiger partial charge on any atom is 0.461 e. The van der Waals surface area contributed by atoms with E-state index in [0.29, 0.717) is 11.1 Å². The second-order valence-electron chi connectivity index (χ2n) is 9.09. The number of alkyl halides is 4. The number of halogens is 5. The van der Waals surface area contributed by atoms with Gasteiger partial charge in [-0.25, -0.2) is 4.39 Å². The van der Waals surface area contributed by atoms with Crippen LogP contribution >= 0.6 is 0 Å². The Bertz CT molecular complexity index is 1290. The van der Waals surface area contributed by atoms with Crippen LogP contribution < -0.4 is 10.1 Å². The molecule has 0 aliphatic heterocycles. The maximum atomic E-state index is 13.4. The van der Waals surface area contributed by atoms with Crippen molar-refractivity contribution in [2.75, 3.05) is 0 Å². The average molecular weight is 532 g/mol. The van der Waals surface area contributed by atoms with Gasteiger partial charge >= 0.3 is 12.5 Å². The summed E-state index contributed by atoms with van der Waals surface area (Å²) in [6.45, 7) is 0. The number of hydrogen-bond donors (Lipinski definition) is 2. The van der Waals surface area contributed by atoms with E-state index in [1.54, 1.807) is 0 Å². The largest absolute Gasteiger partial charge is 0.461 e. The first kappa shape index (κ1) is 27.3. The highest BCUT2D eigenvalue weighted by atomic mass is 19.3. The number of benzene rings is 3. The van der Waals surface area contributed by atoms with Crippen molar-refractivity contribution in [3.05, 3.63) is 106 Å². The van der Waals surface area contributed by atoms with Crippen LogP contribution in [0.4, 0.5) is 22.0 Å². The molecule has 0 aromatic heterocycles. The summed E-state index contributed by atoms with van der Waals surface area (Å²) in [6, 6.07) is 15.0. The van der Waals surface area contributed by atoms with Crippen LogP contribution in [0.1, 0.15) is 40.3 Å². The van der Waals surface area contributed by atoms with Crippen molar-refractivity contribution < 1.29 is 36.6 Å². The lowest BCUT2D eigenvalue weighted by Gasteiger charge is -2.26. The van der Waals surface area contributed by atoms with Gasteiger partial charge in [0.15, 0.2) is 0 Å². The van der Waals surface area contributed by atoms with E-state index in [1.165, 1.54) is 36.4 Å². The third-order valence-corrected chi connectivity index (χ3v) is 6.30. The Labute approximate surface area is 216 Å². The molecule has 4 rings (SSSR count).